The Hall–Kier alpha value is -1.84. The van der Waals surface area contributed by atoms with E-state index in [-0.39, 0.29) is 11.8 Å². The van der Waals surface area contributed by atoms with Crippen molar-refractivity contribution in [3.05, 3.63) is 30.3 Å². The van der Waals surface area contributed by atoms with Crippen LogP contribution in [-0.4, -0.2) is 22.9 Å². The average Bonchev–Trinajstić information content (AvgIpc) is 2.60. The lowest BCUT2D eigenvalue weighted by Gasteiger charge is -2.23. The van der Waals surface area contributed by atoms with Gasteiger partial charge in [0.05, 0.1) is 0 Å². The molecule has 0 spiro atoms. The molecule has 1 aliphatic heterocycles. The Balaban J connectivity index is 2.06. The van der Waals surface area contributed by atoms with Gasteiger partial charge in [0.1, 0.15) is 5.75 Å². The van der Waals surface area contributed by atoms with Gasteiger partial charge in [-0.2, -0.15) is 0 Å². The fraction of sp³-hybridized carbons (Fsp3) is 0.333. The molecule has 0 aromatic heterocycles. The molecule has 1 aromatic rings. The minimum Gasteiger partial charge on any atom is -0.470 e. The zero-order valence-electron chi connectivity index (χ0n) is 9.05. The van der Waals surface area contributed by atoms with Crippen LogP contribution in [0.5, 0.6) is 5.75 Å². The number of benzene rings is 1. The highest BCUT2D eigenvalue weighted by molar-refractivity contribution is 6.02. The maximum absolute atomic E-state index is 11.4. The van der Waals surface area contributed by atoms with E-state index < -0.39 is 6.23 Å². The molecule has 1 heterocycles. The summed E-state index contributed by atoms with van der Waals surface area (Å²) >= 11 is 0. The van der Waals surface area contributed by atoms with Gasteiger partial charge in [-0.25, -0.2) is 4.90 Å². The van der Waals surface area contributed by atoms with E-state index in [9.17, 15) is 9.59 Å². The van der Waals surface area contributed by atoms with E-state index in [1.54, 1.807) is 19.1 Å². The Bertz CT molecular complexity index is 386. The number of carbonyl (C=O) groups excluding carboxylic acids is 2. The summed E-state index contributed by atoms with van der Waals surface area (Å²) in [6, 6.07) is 9.15. The van der Waals surface area contributed by atoms with Gasteiger partial charge in [0, 0.05) is 12.8 Å². The average molecular weight is 219 g/mol. The van der Waals surface area contributed by atoms with Crippen LogP contribution in [0.4, 0.5) is 0 Å². The second kappa shape index (κ2) is 4.35. The lowest BCUT2D eigenvalue weighted by molar-refractivity contribution is -0.146. The molecule has 4 heteroatoms. The molecule has 4 nitrogen and oxygen atoms in total. The number of likely N-dealkylation sites (tertiary alicyclic amines) is 1. The van der Waals surface area contributed by atoms with E-state index in [4.69, 9.17) is 4.74 Å². The Morgan fingerprint density at radius 2 is 1.69 bits per heavy atom. The minimum atomic E-state index is -0.537. The van der Waals surface area contributed by atoms with Crippen LogP contribution in [0, 0.1) is 0 Å². The van der Waals surface area contributed by atoms with Gasteiger partial charge in [-0.3, -0.25) is 9.59 Å². The van der Waals surface area contributed by atoms with Crippen LogP contribution in [0.15, 0.2) is 30.3 Å². The van der Waals surface area contributed by atoms with Crippen molar-refractivity contribution in [2.24, 2.45) is 0 Å². The third kappa shape index (κ3) is 2.05. The number of nitrogens with zero attached hydrogens (tertiary/aromatic N) is 1. The number of amides is 2. The highest BCUT2D eigenvalue weighted by Crippen LogP contribution is 2.18. The van der Waals surface area contributed by atoms with Gasteiger partial charge in [0.2, 0.25) is 11.8 Å². The Morgan fingerprint density at radius 1 is 1.12 bits per heavy atom. The molecule has 16 heavy (non-hydrogen) atoms. The number of imide groups is 1. The first kappa shape index (κ1) is 10.7. The van der Waals surface area contributed by atoms with Crippen molar-refractivity contribution in [2.45, 2.75) is 26.0 Å². The number of hydrogen-bond donors (Lipinski definition) is 0. The summed E-state index contributed by atoms with van der Waals surface area (Å²) in [5.41, 5.74) is 0. The van der Waals surface area contributed by atoms with E-state index >= 15 is 0 Å². The van der Waals surface area contributed by atoms with E-state index in [2.05, 4.69) is 0 Å². The third-order valence-corrected chi connectivity index (χ3v) is 2.50. The number of hydrogen-bond acceptors (Lipinski definition) is 3. The minimum absolute atomic E-state index is 0.159. The van der Waals surface area contributed by atoms with Gasteiger partial charge in [0.25, 0.3) is 0 Å². The first-order valence-corrected chi connectivity index (χ1v) is 5.25. The molecule has 1 aromatic carbocycles. The summed E-state index contributed by atoms with van der Waals surface area (Å²) in [6.07, 6.45) is 0.0488. The predicted octanol–water partition coefficient (Wildman–Crippen LogP) is 1.56. The van der Waals surface area contributed by atoms with Crippen LogP contribution in [0.3, 0.4) is 0 Å². The van der Waals surface area contributed by atoms with E-state index in [0.717, 1.165) is 0 Å². The van der Waals surface area contributed by atoms with Gasteiger partial charge < -0.3 is 4.74 Å². The second-order valence-electron chi connectivity index (χ2n) is 3.69. The number of para-hydroxylation sites is 1. The molecule has 1 fully saturated rings. The van der Waals surface area contributed by atoms with Gasteiger partial charge in [-0.05, 0) is 19.1 Å². The van der Waals surface area contributed by atoms with Gasteiger partial charge in [-0.15, -0.1) is 0 Å². The van der Waals surface area contributed by atoms with Crippen LogP contribution in [0.2, 0.25) is 0 Å². The van der Waals surface area contributed by atoms with Crippen molar-refractivity contribution < 1.29 is 14.3 Å². The first-order valence-electron chi connectivity index (χ1n) is 5.25. The summed E-state index contributed by atoms with van der Waals surface area (Å²) in [7, 11) is 0. The summed E-state index contributed by atoms with van der Waals surface area (Å²) in [5, 5.41) is 0. The zero-order chi connectivity index (χ0) is 11.5. The molecule has 1 saturated heterocycles. The standard InChI is InChI=1S/C12H13NO3/c1-9(13-11(14)7-8-12(13)15)16-10-5-3-2-4-6-10/h2-6,9H,7-8H2,1H3. The zero-order valence-corrected chi connectivity index (χ0v) is 9.05. The topological polar surface area (TPSA) is 46.6 Å². The number of rotatable bonds is 3. The van der Waals surface area contributed by atoms with Crippen LogP contribution >= 0.6 is 0 Å². The normalized spacial score (nSPS) is 17.7. The van der Waals surface area contributed by atoms with Crippen molar-refractivity contribution in [2.75, 3.05) is 0 Å². The van der Waals surface area contributed by atoms with Crippen molar-refractivity contribution in [1.29, 1.82) is 0 Å². The summed E-state index contributed by atoms with van der Waals surface area (Å²) in [4.78, 5) is 24.1. The van der Waals surface area contributed by atoms with E-state index in [1.807, 2.05) is 18.2 Å². The fourth-order valence-electron chi connectivity index (χ4n) is 1.75. The summed E-state index contributed by atoms with van der Waals surface area (Å²) in [6.45, 7) is 1.70. The maximum Gasteiger partial charge on any atom is 0.232 e. The SMILES string of the molecule is CC(Oc1ccccc1)N1C(=O)CCC1=O. The summed E-state index contributed by atoms with van der Waals surface area (Å²) < 4.78 is 5.52. The molecule has 84 valence electrons. The monoisotopic (exact) mass is 219 g/mol. The van der Waals surface area contributed by atoms with Crippen molar-refractivity contribution in [3.8, 4) is 5.75 Å². The van der Waals surface area contributed by atoms with Gasteiger partial charge in [0.15, 0.2) is 6.23 Å². The van der Waals surface area contributed by atoms with Crippen LogP contribution in [-0.2, 0) is 9.59 Å². The lowest BCUT2D eigenvalue weighted by atomic mass is 10.3. The van der Waals surface area contributed by atoms with Gasteiger partial charge in [-0.1, -0.05) is 18.2 Å². The molecule has 1 aliphatic rings. The molecule has 0 bridgehead atoms. The van der Waals surface area contributed by atoms with Crippen LogP contribution in [0.25, 0.3) is 0 Å². The highest BCUT2D eigenvalue weighted by atomic mass is 16.5. The quantitative estimate of drug-likeness (QED) is 0.725. The van der Waals surface area contributed by atoms with Crippen LogP contribution < -0.4 is 4.74 Å². The molecule has 2 amide bonds. The second-order valence-corrected chi connectivity index (χ2v) is 3.69. The van der Waals surface area contributed by atoms with Crippen molar-refractivity contribution >= 4 is 11.8 Å². The fourth-order valence-corrected chi connectivity index (χ4v) is 1.75. The molecule has 0 aliphatic carbocycles. The van der Waals surface area contributed by atoms with E-state index in [0.29, 0.717) is 18.6 Å². The van der Waals surface area contributed by atoms with E-state index in [1.165, 1.54) is 4.90 Å². The lowest BCUT2D eigenvalue weighted by Crippen LogP contribution is -2.40. The van der Waals surface area contributed by atoms with Crippen molar-refractivity contribution in [1.82, 2.24) is 4.90 Å². The Morgan fingerprint density at radius 3 is 2.25 bits per heavy atom. The molecule has 0 radical (unpaired) electrons. The Labute approximate surface area is 93.8 Å². The number of carbonyl (C=O) groups is 2. The van der Waals surface area contributed by atoms with Crippen LogP contribution in [0.1, 0.15) is 19.8 Å². The molecule has 0 N–H and O–H groups in total. The molecular formula is C12H13NO3. The first-order chi connectivity index (χ1) is 7.68. The molecule has 2 rings (SSSR count). The molecule has 1 atom stereocenters. The number of ether oxygens (including phenoxy) is 1. The predicted molar refractivity (Wildman–Crippen MR) is 57.6 cm³/mol. The smallest absolute Gasteiger partial charge is 0.232 e. The Kier molecular flexibility index (Phi) is 2.90. The summed E-state index contributed by atoms with van der Waals surface area (Å²) in [5.74, 6) is 0.337. The molecular weight excluding hydrogens is 206 g/mol. The highest BCUT2D eigenvalue weighted by Gasteiger charge is 2.33. The van der Waals surface area contributed by atoms with Crippen molar-refractivity contribution in [3.63, 3.8) is 0 Å². The molecule has 0 saturated carbocycles. The van der Waals surface area contributed by atoms with Gasteiger partial charge >= 0.3 is 0 Å². The third-order valence-electron chi connectivity index (χ3n) is 2.50. The molecule has 1 unspecified atom stereocenters. The maximum atomic E-state index is 11.4. The largest absolute Gasteiger partial charge is 0.470 e.